The van der Waals surface area contributed by atoms with Gasteiger partial charge in [0, 0.05) is 25.9 Å². The first kappa shape index (κ1) is 14.3. The Balaban J connectivity index is 2.07. The van der Waals surface area contributed by atoms with E-state index in [1.54, 1.807) is 24.3 Å². The monoisotopic (exact) mass is 320 g/mol. The van der Waals surface area contributed by atoms with Crippen molar-refractivity contribution in [2.24, 2.45) is 0 Å². The second kappa shape index (κ2) is 5.28. The topological polar surface area (TPSA) is 54.4 Å². The lowest BCUT2D eigenvalue weighted by Gasteiger charge is -2.04. The number of rotatable bonds is 3. The van der Waals surface area contributed by atoms with Crippen LogP contribution in [-0.2, 0) is 11.2 Å². The number of thiophene rings is 1. The third kappa shape index (κ3) is 2.39. The van der Waals surface area contributed by atoms with Crippen LogP contribution in [0.15, 0.2) is 24.3 Å². The summed E-state index contributed by atoms with van der Waals surface area (Å²) < 4.78 is 0. The van der Waals surface area contributed by atoms with Crippen LogP contribution in [0.3, 0.4) is 0 Å². The van der Waals surface area contributed by atoms with Gasteiger partial charge in [-0.05, 0) is 37.5 Å². The van der Waals surface area contributed by atoms with Crippen LogP contribution in [0.1, 0.15) is 43.6 Å². The van der Waals surface area contributed by atoms with Crippen molar-refractivity contribution in [2.45, 2.75) is 25.7 Å². The highest BCUT2D eigenvalue weighted by Crippen LogP contribution is 2.43. The Labute approximate surface area is 131 Å². The van der Waals surface area contributed by atoms with E-state index in [0.29, 0.717) is 29.0 Å². The van der Waals surface area contributed by atoms with Gasteiger partial charge in [0.25, 0.3) is 0 Å². The van der Waals surface area contributed by atoms with Crippen LogP contribution >= 0.6 is 22.9 Å². The molecule has 0 aliphatic heterocycles. The first-order valence-electron chi connectivity index (χ1n) is 6.64. The molecule has 1 unspecified atom stereocenters. The SMILES string of the molecule is Cc1sc2c(c1C(=O)c1cccc(Cl)c1)CCC2C(=O)O. The molecule has 5 heteroatoms. The van der Waals surface area contributed by atoms with Crippen LogP contribution < -0.4 is 0 Å². The highest BCUT2D eigenvalue weighted by atomic mass is 35.5. The number of aryl methyl sites for hydroxylation is 1. The zero-order valence-electron chi connectivity index (χ0n) is 11.4. The number of carbonyl (C=O) groups is 2. The molecular weight excluding hydrogens is 308 g/mol. The molecule has 0 saturated heterocycles. The summed E-state index contributed by atoms with van der Waals surface area (Å²) >= 11 is 7.38. The van der Waals surface area contributed by atoms with Crippen molar-refractivity contribution >= 4 is 34.7 Å². The maximum atomic E-state index is 12.7. The summed E-state index contributed by atoms with van der Waals surface area (Å²) in [5.41, 5.74) is 2.13. The van der Waals surface area contributed by atoms with Gasteiger partial charge in [-0.1, -0.05) is 23.7 Å². The second-order valence-corrected chi connectivity index (χ2v) is 6.84. The Morgan fingerprint density at radius 1 is 1.38 bits per heavy atom. The fraction of sp³-hybridized carbons (Fsp3) is 0.250. The predicted octanol–water partition coefficient (Wildman–Crippen LogP) is 4.06. The van der Waals surface area contributed by atoms with Crippen molar-refractivity contribution in [3.05, 3.63) is 55.7 Å². The summed E-state index contributed by atoms with van der Waals surface area (Å²) in [5.74, 6) is -1.35. The number of hydrogen-bond donors (Lipinski definition) is 1. The Hall–Kier alpha value is -1.65. The number of carboxylic acid groups (broad SMARTS) is 1. The molecule has 108 valence electrons. The van der Waals surface area contributed by atoms with E-state index >= 15 is 0 Å². The Bertz CT molecular complexity index is 748. The summed E-state index contributed by atoms with van der Waals surface area (Å²) in [6.45, 7) is 1.87. The molecule has 1 N–H and O–H groups in total. The van der Waals surface area contributed by atoms with E-state index in [2.05, 4.69) is 0 Å². The lowest BCUT2D eigenvalue weighted by molar-refractivity contribution is -0.138. The van der Waals surface area contributed by atoms with Gasteiger partial charge in [0.05, 0.1) is 5.92 Å². The second-order valence-electron chi connectivity index (χ2n) is 5.15. The Kier molecular flexibility index (Phi) is 3.59. The molecule has 1 aliphatic carbocycles. The summed E-state index contributed by atoms with van der Waals surface area (Å²) in [7, 11) is 0. The van der Waals surface area contributed by atoms with Gasteiger partial charge in [-0.3, -0.25) is 9.59 Å². The summed E-state index contributed by atoms with van der Waals surface area (Å²) in [5, 5.41) is 9.78. The number of carboxylic acids is 1. The highest BCUT2D eigenvalue weighted by Gasteiger charge is 2.35. The first-order valence-corrected chi connectivity index (χ1v) is 7.83. The largest absolute Gasteiger partial charge is 0.481 e. The van der Waals surface area contributed by atoms with E-state index in [1.807, 2.05) is 6.92 Å². The van der Waals surface area contributed by atoms with Crippen molar-refractivity contribution in [1.82, 2.24) is 0 Å². The van der Waals surface area contributed by atoms with Crippen molar-refractivity contribution in [3.63, 3.8) is 0 Å². The molecular formula is C16H13ClO3S. The molecule has 0 bridgehead atoms. The first-order chi connectivity index (χ1) is 9.99. The van der Waals surface area contributed by atoms with Crippen molar-refractivity contribution in [3.8, 4) is 0 Å². The zero-order chi connectivity index (χ0) is 15.1. The maximum Gasteiger partial charge on any atom is 0.311 e. The molecule has 3 rings (SSSR count). The number of benzene rings is 1. The van der Waals surface area contributed by atoms with Gasteiger partial charge in [-0.25, -0.2) is 0 Å². The highest BCUT2D eigenvalue weighted by molar-refractivity contribution is 7.12. The van der Waals surface area contributed by atoms with Crippen molar-refractivity contribution in [2.75, 3.05) is 0 Å². The standard InChI is InChI=1S/C16H13ClO3S/c1-8-13(14(18)9-3-2-4-10(17)7-9)11-5-6-12(16(19)20)15(11)21-8/h2-4,7,12H,5-6H2,1H3,(H,19,20). The normalized spacial score (nSPS) is 16.8. The number of carbonyl (C=O) groups excluding carboxylic acids is 1. The van der Waals surface area contributed by atoms with E-state index < -0.39 is 11.9 Å². The fourth-order valence-corrected chi connectivity index (χ4v) is 4.40. The number of fused-ring (bicyclic) bond motifs is 1. The number of hydrogen-bond acceptors (Lipinski definition) is 3. The minimum absolute atomic E-state index is 0.0708. The quantitative estimate of drug-likeness (QED) is 0.868. The lowest BCUT2D eigenvalue weighted by atomic mass is 9.99. The van der Waals surface area contributed by atoms with Gasteiger partial charge in [0.2, 0.25) is 0 Å². The van der Waals surface area contributed by atoms with Crippen molar-refractivity contribution in [1.29, 1.82) is 0 Å². The summed E-state index contributed by atoms with van der Waals surface area (Å²) in [6.07, 6.45) is 1.23. The number of halogens is 1. The third-order valence-corrected chi connectivity index (χ3v) is 5.32. The molecule has 21 heavy (non-hydrogen) atoms. The fourth-order valence-electron chi connectivity index (χ4n) is 2.87. The zero-order valence-corrected chi connectivity index (χ0v) is 12.9. The van der Waals surface area contributed by atoms with Gasteiger partial charge >= 0.3 is 5.97 Å². The van der Waals surface area contributed by atoms with E-state index in [0.717, 1.165) is 15.3 Å². The molecule has 1 aromatic carbocycles. The van der Waals surface area contributed by atoms with Gasteiger partial charge in [-0.15, -0.1) is 11.3 Å². The minimum Gasteiger partial charge on any atom is -0.481 e. The van der Waals surface area contributed by atoms with Crippen LogP contribution in [0.25, 0.3) is 0 Å². The smallest absolute Gasteiger partial charge is 0.311 e. The molecule has 3 nitrogen and oxygen atoms in total. The summed E-state index contributed by atoms with van der Waals surface area (Å²) in [6, 6.07) is 6.86. The van der Waals surface area contributed by atoms with Crippen LogP contribution in [0.5, 0.6) is 0 Å². The molecule has 1 heterocycles. The van der Waals surface area contributed by atoms with E-state index in [4.69, 9.17) is 11.6 Å². The van der Waals surface area contributed by atoms with Crippen LogP contribution in [0.2, 0.25) is 5.02 Å². The number of aliphatic carboxylic acids is 1. The third-order valence-electron chi connectivity index (χ3n) is 3.83. The molecule has 2 aromatic rings. The molecule has 0 spiro atoms. The molecule has 0 saturated carbocycles. The molecule has 0 radical (unpaired) electrons. The van der Waals surface area contributed by atoms with Crippen LogP contribution in [-0.4, -0.2) is 16.9 Å². The summed E-state index contributed by atoms with van der Waals surface area (Å²) in [4.78, 5) is 25.7. The Morgan fingerprint density at radius 2 is 2.14 bits per heavy atom. The van der Waals surface area contributed by atoms with Crippen molar-refractivity contribution < 1.29 is 14.7 Å². The minimum atomic E-state index is -0.809. The van der Waals surface area contributed by atoms with Gasteiger partial charge in [0.1, 0.15) is 0 Å². The average Bonchev–Trinajstić information content (AvgIpc) is 2.95. The van der Waals surface area contributed by atoms with E-state index in [9.17, 15) is 14.7 Å². The van der Waals surface area contributed by atoms with Gasteiger partial charge in [0.15, 0.2) is 5.78 Å². The van der Waals surface area contributed by atoms with Gasteiger partial charge in [-0.2, -0.15) is 0 Å². The van der Waals surface area contributed by atoms with E-state index in [-0.39, 0.29) is 5.78 Å². The van der Waals surface area contributed by atoms with E-state index in [1.165, 1.54) is 11.3 Å². The van der Waals surface area contributed by atoms with Crippen LogP contribution in [0, 0.1) is 6.92 Å². The molecule has 1 aliphatic rings. The lowest BCUT2D eigenvalue weighted by Crippen LogP contribution is -2.06. The predicted molar refractivity (Wildman–Crippen MR) is 82.6 cm³/mol. The molecule has 1 atom stereocenters. The Morgan fingerprint density at radius 3 is 2.81 bits per heavy atom. The maximum absolute atomic E-state index is 12.7. The number of ketones is 1. The van der Waals surface area contributed by atoms with Crippen LogP contribution in [0.4, 0.5) is 0 Å². The molecule has 0 fully saturated rings. The molecule has 0 amide bonds. The van der Waals surface area contributed by atoms with Gasteiger partial charge < -0.3 is 5.11 Å². The average molecular weight is 321 g/mol. The molecule has 1 aromatic heterocycles.